The highest BCUT2D eigenvalue weighted by molar-refractivity contribution is 7.98. The molecule has 0 aliphatic carbocycles. The van der Waals surface area contributed by atoms with Crippen molar-refractivity contribution >= 4 is 23.7 Å². The summed E-state index contributed by atoms with van der Waals surface area (Å²) in [4.78, 5) is 22.2. The van der Waals surface area contributed by atoms with Crippen LogP contribution in [0.15, 0.2) is 18.2 Å². The van der Waals surface area contributed by atoms with E-state index < -0.39 is 6.03 Å². The molecule has 4 nitrogen and oxygen atoms in total. The third kappa shape index (κ3) is 6.29. The fraction of sp³-hybridized carbons (Fsp3) is 0.429. The van der Waals surface area contributed by atoms with Crippen LogP contribution in [0.5, 0.6) is 0 Å². The van der Waals surface area contributed by atoms with Crippen LogP contribution in [0.1, 0.15) is 23.1 Å². The number of rotatable bonds is 5. The molecule has 0 unspecified atom stereocenters. The molecular weight excluding hydrogens is 260 g/mol. The van der Waals surface area contributed by atoms with Gasteiger partial charge in [-0.3, -0.25) is 10.1 Å². The second-order valence-corrected chi connectivity index (χ2v) is 5.53. The van der Waals surface area contributed by atoms with E-state index in [2.05, 4.69) is 42.7 Å². The number of carbonyl (C=O) groups is 2. The van der Waals surface area contributed by atoms with Gasteiger partial charge in [0.15, 0.2) is 0 Å². The number of hydrogen-bond acceptors (Lipinski definition) is 3. The van der Waals surface area contributed by atoms with Gasteiger partial charge in [-0.2, -0.15) is 11.8 Å². The maximum Gasteiger partial charge on any atom is 0.321 e. The summed E-state index contributed by atoms with van der Waals surface area (Å²) < 4.78 is 0. The molecule has 1 aromatic carbocycles. The summed E-state index contributed by atoms with van der Waals surface area (Å²) in [7, 11) is 1.48. The van der Waals surface area contributed by atoms with Gasteiger partial charge in [-0.05, 0) is 19.4 Å². The van der Waals surface area contributed by atoms with Crippen LogP contribution in [-0.4, -0.2) is 24.7 Å². The van der Waals surface area contributed by atoms with Gasteiger partial charge in [0.05, 0.1) is 0 Å². The van der Waals surface area contributed by atoms with Gasteiger partial charge < -0.3 is 5.32 Å². The maximum absolute atomic E-state index is 11.3. The molecule has 0 aliphatic heterocycles. The van der Waals surface area contributed by atoms with Gasteiger partial charge in [0.2, 0.25) is 5.91 Å². The minimum absolute atomic E-state index is 0.243. The first-order valence-electron chi connectivity index (χ1n) is 6.17. The van der Waals surface area contributed by atoms with Crippen molar-refractivity contribution in [3.63, 3.8) is 0 Å². The second kappa shape index (κ2) is 7.84. The lowest BCUT2D eigenvalue weighted by molar-refractivity contribution is -0.119. The summed E-state index contributed by atoms with van der Waals surface area (Å²) in [6.45, 7) is 4.16. The minimum atomic E-state index is -0.454. The Kier molecular flexibility index (Phi) is 6.42. The Labute approximate surface area is 118 Å². The van der Waals surface area contributed by atoms with E-state index in [1.54, 1.807) is 11.8 Å². The molecule has 0 atom stereocenters. The molecule has 3 amide bonds. The van der Waals surface area contributed by atoms with Crippen LogP contribution in [-0.2, 0) is 10.5 Å². The second-order valence-electron chi connectivity index (χ2n) is 4.43. The van der Waals surface area contributed by atoms with E-state index in [-0.39, 0.29) is 5.91 Å². The lowest BCUT2D eigenvalue weighted by Crippen LogP contribution is -2.37. The molecule has 2 N–H and O–H groups in total. The molecule has 0 fully saturated rings. The maximum atomic E-state index is 11.3. The molecule has 0 saturated heterocycles. The van der Waals surface area contributed by atoms with E-state index in [1.807, 2.05) is 0 Å². The van der Waals surface area contributed by atoms with Gasteiger partial charge in [-0.25, -0.2) is 4.79 Å². The van der Waals surface area contributed by atoms with Crippen LogP contribution in [0.3, 0.4) is 0 Å². The number of aryl methyl sites for hydroxylation is 2. The monoisotopic (exact) mass is 280 g/mol. The normalized spacial score (nSPS) is 10.1. The molecule has 0 bridgehead atoms. The predicted octanol–water partition coefficient (Wildman–Crippen LogP) is 2.38. The van der Waals surface area contributed by atoms with Crippen molar-refractivity contribution in [2.75, 3.05) is 12.8 Å². The molecule has 0 saturated carbocycles. The highest BCUT2D eigenvalue weighted by atomic mass is 32.2. The summed E-state index contributed by atoms with van der Waals surface area (Å²) in [5.74, 6) is 1.35. The third-order valence-corrected chi connectivity index (χ3v) is 3.53. The molecule has 0 aliphatic rings. The topological polar surface area (TPSA) is 58.2 Å². The lowest BCUT2D eigenvalue weighted by atomic mass is 10.1. The third-order valence-electron chi connectivity index (χ3n) is 2.50. The summed E-state index contributed by atoms with van der Waals surface area (Å²) in [6, 6.07) is 6.00. The summed E-state index contributed by atoms with van der Waals surface area (Å²) in [5.41, 5.74) is 3.79. The molecule has 104 valence electrons. The zero-order chi connectivity index (χ0) is 14.3. The zero-order valence-corrected chi connectivity index (χ0v) is 12.4. The number of nitrogens with one attached hydrogen (secondary N) is 2. The Hall–Kier alpha value is -1.49. The van der Waals surface area contributed by atoms with Crippen LogP contribution in [0.4, 0.5) is 4.79 Å². The minimum Gasteiger partial charge on any atom is -0.341 e. The summed E-state index contributed by atoms with van der Waals surface area (Å²) >= 11 is 1.69. The lowest BCUT2D eigenvalue weighted by Gasteiger charge is -2.05. The van der Waals surface area contributed by atoms with E-state index in [9.17, 15) is 9.59 Å². The number of amides is 3. The average molecular weight is 280 g/mol. The van der Waals surface area contributed by atoms with E-state index in [0.29, 0.717) is 12.2 Å². The average Bonchev–Trinajstić information content (AvgIpc) is 2.33. The number of hydrogen-bond donors (Lipinski definition) is 2. The largest absolute Gasteiger partial charge is 0.341 e. The molecule has 5 heteroatoms. The highest BCUT2D eigenvalue weighted by Gasteiger charge is 2.05. The van der Waals surface area contributed by atoms with Gasteiger partial charge in [0.25, 0.3) is 0 Å². The molecule has 19 heavy (non-hydrogen) atoms. The first-order valence-corrected chi connectivity index (χ1v) is 7.33. The predicted molar refractivity (Wildman–Crippen MR) is 79.3 cm³/mol. The van der Waals surface area contributed by atoms with E-state index >= 15 is 0 Å². The van der Waals surface area contributed by atoms with Crippen molar-refractivity contribution in [3.8, 4) is 0 Å². The Morgan fingerprint density at radius 1 is 1.16 bits per heavy atom. The van der Waals surface area contributed by atoms with Crippen LogP contribution in [0.2, 0.25) is 0 Å². The van der Waals surface area contributed by atoms with Crippen molar-refractivity contribution in [1.29, 1.82) is 0 Å². The van der Waals surface area contributed by atoms with Crippen LogP contribution >= 0.6 is 11.8 Å². The molecular formula is C14H20N2O2S. The standard InChI is InChI=1S/C14H20N2O2S/c1-10-6-11(2)8-12(7-10)9-19-5-4-13(17)16-14(18)15-3/h6-8H,4-5,9H2,1-3H3,(H2,15,16,17,18). The summed E-state index contributed by atoms with van der Waals surface area (Å²) in [5, 5.41) is 4.59. The number of carbonyl (C=O) groups excluding carboxylic acids is 2. The van der Waals surface area contributed by atoms with Crippen molar-refractivity contribution < 1.29 is 9.59 Å². The number of benzene rings is 1. The quantitative estimate of drug-likeness (QED) is 0.814. The Balaban J connectivity index is 2.27. The van der Waals surface area contributed by atoms with Gasteiger partial charge in [-0.15, -0.1) is 0 Å². The summed E-state index contributed by atoms with van der Waals surface area (Å²) in [6.07, 6.45) is 0.350. The van der Waals surface area contributed by atoms with Crippen molar-refractivity contribution in [3.05, 3.63) is 34.9 Å². The number of urea groups is 1. The molecule has 0 radical (unpaired) electrons. The number of thioether (sulfide) groups is 1. The molecule has 1 aromatic rings. The fourth-order valence-electron chi connectivity index (χ4n) is 1.76. The molecule has 1 rings (SSSR count). The van der Waals surface area contributed by atoms with Crippen LogP contribution in [0, 0.1) is 13.8 Å². The molecule has 0 heterocycles. The van der Waals surface area contributed by atoms with Crippen molar-refractivity contribution in [1.82, 2.24) is 10.6 Å². The van der Waals surface area contributed by atoms with E-state index in [1.165, 1.54) is 23.7 Å². The van der Waals surface area contributed by atoms with Crippen molar-refractivity contribution in [2.45, 2.75) is 26.0 Å². The molecule has 0 spiro atoms. The fourth-order valence-corrected chi connectivity index (χ4v) is 2.64. The Morgan fingerprint density at radius 2 is 1.79 bits per heavy atom. The van der Waals surface area contributed by atoms with Crippen LogP contribution < -0.4 is 10.6 Å². The van der Waals surface area contributed by atoms with Gasteiger partial charge >= 0.3 is 6.03 Å². The van der Waals surface area contributed by atoms with Crippen LogP contribution in [0.25, 0.3) is 0 Å². The van der Waals surface area contributed by atoms with Crippen molar-refractivity contribution in [2.24, 2.45) is 0 Å². The first kappa shape index (κ1) is 15.6. The smallest absolute Gasteiger partial charge is 0.321 e. The highest BCUT2D eigenvalue weighted by Crippen LogP contribution is 2.16. The molecule has 0 aromatic heterocycles. The Bertz CT molecular complexity index is 441. The zero-order valence-electron chi connectivity index (χ0n) is 11.6. The Morgan fingerprint density at radius 3 is 2.37 bits per heavy atom. The number of imide groups is 1. The van der Waals surface area contributed by atoms with Gasteiger partial charge in [0, 0.05) is 25.0 Å². The van der Waals surface area contributed by atoms with Gasteiger partial charge in [0.1, 0.15) is 0 Å². The first-order chi connectivity index (χ1) is 9.01. The SMILES string of the molecule is CNC(=O)NC(=O)CCSCc1cc(C)cc(C)c1. The van der Waals surface area contributed by atoms with E-state index in [0.717, 1.165) is 5.75 Å². The van der Waals surface area contributed by atoms with E-state index in [4.69, 9.17) is 0 Å². The van der Waals surface area contributed by atoms with Gasteiger partial charge in [-0.1, -0.05) is 29.3 Å².